The summed E-state index contributed by atoms with van der Waals surface area (Å²) >= 11 is 5.87. The average Bonchev–Trinajstić information content (AvgIpc) is 2.81. The molecule has 2 aromatic heterocycles. The molecule has 2 aromatic rings. The van der Waals surface area contributed by atoms with Crippen molar-refractivity contribution < 1.29 is 4.42 Å². The minimum atomic E-state index is 0.471. The van der Waals surface area contributed by atoms with Crippen molar-refractivity contribution in [2.75, 3.05) is 11.9 Å². The topological polar surface area (TPSA) is 29.3 Å². The summed E-state index contributed by atoms with van der Waals surface area (Å²) in [4.78, 5) is 6.40. The number of pyridine rings is 1. The van der Waals surface area contributed by atoms with Crippen LogP contribution in [-0.2, 0) is 12.4 Å². The lowest BCUT2D eigenvalue weighted by molar-refractivity contribution is 0.563. The molecule has 0 aliphatic carbocycles. The van der Waals surface area contributed by atoms with E-state index in [9.17, 15) is 0 Å². The van der Waals surface area contributed by atoms with Crippen LogP contribution in [0.2, 0.25) is 0 Å². The van der Waals surface area contributed by atoms with Crippen molar-refractivity contribution in [1.82, 2.24) is 4.98 Å². The summed E-state index contributed by atoms with van der Waals surface area (Å²) in [5.41, 5.74) is 2.16. The van der Waals surface area contributed by atoms with Gasteiger partial charge in [-0.2, -0.15) is 0 Å². The van der Waals surface area contributed by atoms with Gasteiger partial charge in [-0.25, -0.2) is 4.98 Å². The van der Waals surface area contributed by atoms with Crippen LogP contribution in [0, 0.1) is 0 Å². The molecule has 0 radical (unpaired) electrons. The molecule has 0 aliphatic heterocycles. The van der Waals surface area contributed by atoms with Crippen LogP contribution in [-0.4, -0.2) is 12.0 Å². The molecule has 0 saturated carbocycles. The molecule has 3 nitrogen and oxygen atoms in total. The Morgan fingerprint density at radius 2 is 2.31 bits per heavy atom. The van der Waals surface area contributed by atoms with Crippen LogP contribution in [0.5, 0.6) is 0 Å². The number of rotatable bonds is 4. The van der Waals surface area contributed by atoms with Crippen molar-refractivity contribution in [3.63, 3.8) is 0 Å². The summed E-state index contributed by atoms with van der Waals surface area (Å²) in [6.07, 6.45) is 5.18. The van der Waals surface area contributed by atoms with E-state index in [0.29, 0.717) is 5.88 Å². The maximum atomic E-state index is 5.87. The van der Waals surface area contributed by atoms with Crippen LogP contribution < -0.4 is 4.90 Å². The highest BCUT2D eigenvalue weighted by molar-refractivity contribution is 6.17. The van der Waals surface area contributed by atoms with E-state index in [1.165, 1.54) is 0 Å². The molecule has 0 fully saturated rings. The number of alkyl halides is 1. The quantitative estimate of drug-likeness (QED) is 0.765. The maximum Gasteiger partial charge on any atom is 0.132 e. The number of aromatic nitrogens is 1. The predicted octanol–water partition coefficient (Wildman–Crippen LogP) is 3.05. The van der Waals surface area contributed by atoms with Crippen LogP contribution in [0.15, 0.2) is 41.3 Å². The minimum absolute atomic E-state index is 0.471. The standard InChI is InChI=1S/C12H13ClN2O/c1-15(8-10-4-6-16-9-10)12-11(7-13)3-2-5-14-12/h2-6,9H,7-8H2,1H3. The third-order valence-electron chi connectivity index (χ3n) is 2.37. The molecule has 84 valence electrons. The molecule has 0 bridgehead atoms. The van der Waals surface area contributed by atoms with Crippen molar-refractivity contribution in [2.24, 2.45) is 0 Å². The molecule has 0 unspecified atom stereocenters. The largest absolute Gasteiger partial charge is 0.472 e. The average molecular weight is 237 g/mol. The Bertz CT molecular complexity index is 442. The first kappa shape index (κ1) is 11.0. The van der Waals surface area contributed by atoms with Crippen LogP contribution in [0.25, 0.3) is 0 Å². The van der Waals surface area contributed by atoms with E-state index in [1.807, 2.05) is 25.2 Å². The first-order chi connectivity index (χ1) is 7.81. The molecule has 2 heterocycles. The number of hydrogen-bond donors (Lipinski definition) is 0. The summed E-state index contributed by atoms with van der Waals surface area (Å²) in [5, 5.41) is 0. The van der Waals surface area contributed by atoms with Crippen molar-refractivity contribution in [3.05, 3.63) is 48.0 Å². The van der Waals surface area contributed by atoms with Crippen molar-refractivity contribution in [1.29, 1.82) is 0 Å². The Kier molecular flexibility index (Phi) is 3.47. The fourth-order valence-corrected chi connectivity index (χ4v) is 1.82. The van der Waals surface area contributed by atoms with Gasteiger partial charge < -0.3 is 9.32 Å². The third-order valence-corrected chi connectivity index (χ3v) is 2.66. The lowest BCUT2D eigenvalue weighted by Gasteiger charge is -2.19. The molecule has 0 amide bonds. The highest BCUT2D eigenvalue weighted by Crippen LogP contribution is 2.19. The normalized spacial score (nSPS) is 10.4. The highest BCUT2D eigenvalue weighted by Gasteiger charge is 2.08. The second kappa shape index (κ2) is 5.03. The Morgan fingerprint density at radius 1 is 1.44 bits per heavy atom. The molecule has 0 saturated heterocycles. The van der Waals surface area contributed by atoms with Gasteiger partial charge in [0.2, 0.25) is 0 Å². The smallest absolute Gasteiger partial charge is 0.132 e. The third kappa shape index (κ3) is 2.36. The predicted molar refractivity (Wildman–Crippen MR) is 64.6 cm³/mol. The lowest BCUT2D eigenvalue weighted by Crippen LogP contribution is -2.18. The number of anilines is 1. The van der Waals surface area contributed by atoms with Gasteiger partial charge in [-0.3, -0.25) is 0 Å². The Hall–Kier alpha value is -1.48. The summed E-state index contributed by atoms with van der Waals surface area (Å²) in [5.74, 6) is 1.39. The van der Waals surface area contributed by atoms with Gasteiger partial charge in [0.15, 0.2) is 0 Å². The van der Waals surface area contributed by atoms with Crippen molar-refractivity contribution in [3.8, 4) is 0 Å². The lowest BCUT2D eigenvalue weighted by atomic mass is 10.2. The van der Waals surface area contributed by atoms with E-state index in [0.717, 1.165) is 23.5 Å². The molecule has 0 aliphatic rings. The second-order valence-corrected chi connectivity index (χ2v) is 3.87. The zero-order valence-electron chi connectivity index (χ0n) is 9.06. The Balaban J connectivity index is 2.17. The van der Waals surface area contributed by atoms with Gasteiger partial charge >= 0.3 is 0 Å². The van der Waals surface area contributed by atoms with Gasteiger partial charge in [-0.1, -0.05) is 6.07 Å². The SMILES string of the molecule is CN(Cc1ccoc1)c1ncccc1CCl. The van der Waals surface area contributed by atoms with Crippen LogP contribution >= 0.6 is 11.6 Å². The van der Waals surface area contributed by atoms with Gasteiger partial charge in [0, 0.05) is 30.9 Å². The van der Waals surface area contributed by atoms with Gasteiger partial charge in [0.25, 0.3) is 0 Å². The van der Waals surface area contributed by atoms with Gasteiger partial charge in [-0.05, 0) is 12.1 Å². The Morgan fingerprint density at radius 3 is 3.00 bits per heavy atom. The van der Waals surface area contributed by atoms with E-state index >= 15 is 0 Å². The second-order valence-electron chi connectivity index (χ2n) is 3.61. The summed E-state index contributed by atoms with van der Waals surface area (Å²) in [7, 11) is 1.99. The van der Waals surface area contributed by atoms with Gasteiger partial charge in [0.05, 0.1) is 18.4 Å². The number of halogens is 1. The van der Waals surface area contributed by atoms with Crippen LogP contribution in [0.1, 0.15) is 11.1 Å². The first-order valence-corrected chi connectivity index (χ1v) is 5.57. The zero-order valence-corrected chi connectivity index (χ0v) is 9.81. The van der Waals surface area contributed by atoms with Crippen molar-refractivity contribution >= 4 is 17.4 Å². The molecule has 0 N–H and O–H groups in total. The molecule has 2 rings (SSSR count). The zero-order chi connectivity index (χ0) is 11.4. The molecule has 0 spiro atoms. The monoisotopic (exact) mass is 236 g/mol. The van der Waals surface area contributed by atoms with E-state index in [4.69, 9.17) is 16.0 Å². The molecular formula is C12H13ClN2O. The van der Waals surface area contributed by atoms with E-state index < -0.39 is 0 Å². The molecule has 0 aromatic carbocycles. The molecule has 4 heteroatoms. The van der Waals surface area contributed by atoms with Crippen LogP contribution in [0.4, 0.5) is 5.82 Å². The number of hydrogen-bond acceptors (Lipinski definition) is 3. The fraction of sp³-hybridized carbons (Fsp3) is 0.250. The highest BCUT2D eigenvalue weighted by atomic mass is 35.5. The van der Waals surface area contributed by atoms with Crippen molar-refractivity contribution in [2.45, 2.75) is 12.4 Å². The summed E-state index contributed by atoms with van der Waals surface area (Å²) in [6, 6.07) is 5.83. The fourth-order valence-electron chi connectivity index (χ4n) is 1.61. The van der Waals surface area contributed by atoms with E-state index in [2.05, 4.69) is 9.88 Å². The summed E-state index contributed by atoms with van der Waals surface area (Å²) in [6.45, 7) is 0.761. The summed E-state index contributed by atoms with van der Waals surface area (Å²) < 4.78 is 5.03. The van der Waals surface area contributed by atoms with E-state index in [1.54, 1.807) is 18.7 Å². The van der Waals surface area contributed by atoms with Crippen LogP contribution in [0.3, 0.4) is 0 Å². The molecule has 16 heavy (non-hydrogen) atoms. The minimum Gasteiger partial charge on any atom is -0.472 e. The maximum absolute atomic E-state index is 5.87. The van der Waals surface area contributed by atoms with Gasteiger partial charge in [0.1, 0.15) is 5.82 Å². The molecule has 0 atom stereocenters. The van der Waals surface area contributed by atoms with E-state index in [-0.39, 0.29) is 0 Å². The van der Waals surface area contributed by atoms with Gasteiger partial charge in [-0.15, -0.1) is 11.6 Å². The Labute approximate surface area is 99.7 Å². The number of furan rings is 1. The number of nitrogens with zero attached hydrogens (tertiary/aromatic N) is 2. The molecular weight excluding hydrogens is 224 g/mol. The first-order valence-electron chi connectivity index (χ1n) is 5.03.